The molecule has 1 fully saturated rings. The second-order valence-corrected chi connectivity index (χ2v) is 6.36. The van der Waals surface area contributed by atoms with Crippen molar-refractivity contribution in [2.45, 2.75) is 57.4 Å². The summed E-state index contributed by atoms with van der Waals surface area (Å²) < 4.78 is 28.4. The van der Waals surface area contributed by atoms with E-state index in [-0.39, 0.29) is 24.8 Å². The van der Waals surface area contributed by atoms with Crippen LogP contribution in [0, 0.1) is 5.92 Å². The third-order valence-electron chi connectivity index (χ3n) is 4.62. The molecule has 0 amide bonds. The molecule has 1 aliphatic rings. The number of hydrogen-bond donors (Lipinski definition) is 1. The van der Waals surface area contributed by atoms with E-state index >= 15 is 0 Å². The molecule has 1 N–H and O–H groups in total. The van der Waals surface area contributed by atoms with Crippen LogP contribution in [0.4, 0.5) is 8.78 Å². The van der Waals surface area contributed by atoms with E-state index in [4.69, 9.17) is 11.6 Å². The highest BCUT2D eigenvalue weighted by atomic mass is 35.5. The lowest BCUT2D eigenvalue weighted by molar-refractivity contribution is -0.0493. The SMILES string of the molecule is CCc1nn(C)c(CC(NC)C2CCC(F)(F)CC2)c1Cl. The number of nitrogens with one attached hydrogen (secondary N) is 1. The molecule has 0 bridgehead atoms. The molecular weight excluding hydrogens is 296 g/mol. The van der Waals surface area contributed by atoms with Gasteiger partial charge in [0.25, 0.3) is 0 Å². The Morgan fingerprint density at radius 1 is 1.43 bits per heavy atom. The van der Waals surface area contributed by atoms with E-state index in [9.17, 15) is 8.78 Å². The predicted octanol–water partition coefficient (Wildman–Crippen LogP) is 3.59. The first-order chi connectivity index (χ1) is 9.88. The fourth-order valence-electron chi connectivity index (χ4n) is 3.22. The number of alkyl halides is 2. The molecule has 1 atom stereocenters. The zero-order chi connectivity index (χ0) is 15.6. The van der Waals surface area contributed by atoms with Gasteiger partial charge in [0.1, 0.15) is 0 Å². The molecular formula is C15H24ClF2N3. The number of nitrogens with zero attached hydrogens (tertiary/aromatic N) is 2. The van der Waals surface area contributed by atoms with Crippen LogP contribution in [-0.4, -0.2) is 28.8 Å². The minimum Gasteiger partial charge on any atom is -0.316 e. The molecule has 0 spiro atoms. The summed E-state index contributed by atoms with van der Waals surface area (Å²) in [7, 11) is 3.78. The number of hydrogen-bond acceptors (Lipinski definition) is 2. The van der Waals surface area contributed by atoms with Crippen LogP contribution in [0.5, 0.6) is 0 Å². The molecule has 1 saturated carbocycles. The second-order valence-electron chi connectivity index (χ2n) is 5.98. The smallest absolute Gasteiger partial charge is 0.248 e. The Kier molecular flexibility index (Phi) is 5.25. The van der Waals surface area contributed by atoms with Crippen LogP contribution in [-0.2, 0) is 19.9 Å². The van der Waals surface area contributed by atoms with Crippen molar-refractivity contribution in [3.63, 3.8) is 0 Å². The summed E-state index contributed by atoms with van der Waals surface area (Å²) in [6, 6.07) is 0.165. The van der Waals surface area contributed by atoms with Crippen LogP contribution in [0.1, 0.15) is 44.0 Å². The highest BCUT2D eigenvalue weighted by Crippen LogP contribution is 2.38. The molecule has 120 valence electrons. The number of aryl methyl sites for hydroxylation is 2. The van der Waals surface area contributed by atoms with Gasteiger partial charge in [-0.25, -0.2) is 8.78 Å². The quantitative estimate of drug-likeness (QED) is 0.899. The van der Waals surface area contributed by atoms with Crippen molar-refractivity contribution >= 4 is 11.6 Å². The van der Waals surface area contributed by atoms with Crippen LogP contribution in [0.15, 0.2) is 0 Å². The van der Waals surface area contributed by atoms with E-state index in [2.05, 4.69) is 10.4 Å². The van der Waals surface area contributed by atoms with Gasteiger partial charge in [-0.1, -0.05) is 18.5 Å². The third kappa shape index (κ3) is 3.75. The van der Waals surface area contributed by atoms with Gasteiger partial charge in [0.2, 0.25) is 5.92 Å². The maximum atomic E-state index is 13.3. The molecule has 1 heterocycles. The average molecular weight is 320 g/mol. The van der Waals surface area contributed by atoms with Crippen molar-refractivity contribution in [3.05, 3.63) is 16.4 Å². The molecule has 0 saturated heterocycles. The van der Waals surface area contributed by atoms with Gasteiger partial charge < -0.3 is 5.32 Å². The maximum Gasteiger partial charge on any atom is 0.248 e. The standard InChI is InChI=1S/C15H24ClF2N3/c1-4-11-14(16)13(21(3)20-11)9-12(19-2)10-5-7-15(17,18)8-6-10/h10,12,19H,4-9H2,1-3H3. The van der Waals surface area contributed by atoms with Gasteiger partial charge in [0, 0.05) is 32.4 Å². The highest BCUT2D eigenvalue weighted by Gasteiger charge is 2.37. The molecule has 0 aromatic carbocycles. The van der Waals surface area contributed by atoms with Gasteiger partial charge in [0.05, 0.1) is 16.4 Å². The predicted molar refractivity (Wildman–Crippen MR) is 81.1 cm³/mol. The normalized spacial score (nSPS) is 20.7. The van der Waals surface area contributed by atoms with Crippen molar-refractivity contribution in [1.29, 1.82) is 0 Å². The minimum atomic E-state index is -2.48. The molecule has 1 unspecified atom stereocenters. The first kappa shape index (κ1) is 16.7. The number of halogens is 3. The van der Waals surface area contributed by atoms with Crippen molar-refractivity contribution in [2.75, 3.05) is 7.05 Å². The van der Waals surface area contributed by atoms with Crippen molar-refractivity contribution in [2.24, 2.45) is 13.0 Å². The summed E-state index contributed by atoms with van der Waals surface area (Å²) in [6.07, 6.45) is 2.65. The lowest BCUT2D eigenvalue weighted by atomic mass is 9.80. The topological polar surface area (TPSA) is 29.9 Å². The van der Waals surface area contributed by atoms with E-state index in [1.807, 2.05) is 25.7 Å². The van der Waals surface area contributed by atoms with Gasteiger partial charge in [-0.05, 0) is 32.2 Å². The lowest BCUT2D eigenvalue weighted by Crippen LogP contribution is -2.40. The van der Waals surface area contributed by atoms with Gasteiger partial charge in [-0.3, -0.25) is 4.68 Å². The number of likely N-dealkylation sites (N-methyl/N-ethyl adjacent to an activating group) is 1. The van der Waals surface area contributed by atoms with E-state index in [0.717, 1.165) is 29.3 Å². The van der Waals surface area contributed by atoms with Crippen LogP contribution in [0.25, 0.3) is 0 Å². The summed E-state index contributed by atoms with van der Waals surface area (Å²) in [5.74, 6) is -2.21. The van der Waals surface area contributed by atoms with Gasteiger partial charge in [-0.2, -0.15) is 5.10 Å². The van der Waals surface area contributed by atoms with Crippen molar-refractivity contribution in [1.82, 2.24) is 15.1 Å². The molecule has 0 radical (unpaired) electrons. The molecule has 6 heteroatoms. The lowest BCUT2D eigenvalue weighted by Gasteiger charge is -2.33. The zero-order valence-electron chi connectivity index (χ0n) is 12.9. The van der Waals surface area contributed by atoms with E-state index in [0.29, 0.717) is 12.8 Å². The summed E-state index contributed by atoms with van der Waals surface area (Å²) in [4.78, 5) is 0. The zero-order valence-corrected chi connectivity index (χ0v) is 13.7. The van der Waals surface area contributed by atoms with Gasteiger partial charge in [0.15, 0.2) is 0 Å². The fraction of sp³-hybridized carbons (Fsp3) is 0.800. The Balaban J connectivity index is 2.08. The molecule has 2 rings (SSSR count). The van der Waals surface area contributed by atoms with Crippen molar-refractivity contribution in [3.8, 4) is 0 Å². The largest absolute Gasteiger partial charge is 0.316 e. The van der Waals surface area contributed by atoms with Crippen LogP contribution < -0.4 is 5.32 Å². The Hall–Kier alpha value is -0.680. The fourth-order valence-corrected chi connectivity index (χ4v) is 3.59. The second kappa shape index (κ2) is 6.61. The molecule has 0 aliphatic heterocycles. The summed E-state index contributed by atoms with van der Waals surface area (Å²) >= 11 is 6.38. The van der Waals surface area contributed by atoms with E-state index < -0.39 is 5.92 Å². The third-order valence-corrected chi connectivity index (χ3v) is 5.05. The molecule has 3 nitrogen and oxygen atoms in total. The monoisotopic (exact) mass is 319 g/mol. The molecule has 1 aromatic heterocycles. The minimum absolute atomic E-state index is 0.00479. The van der Waals surface area contributed by atoms with E-state index in [1.165, 1.54) is 0 Å². The summed E-state index contributed by atoms with van der Waals surface area (Å²) in [5, 5.41) is 8.43. The first-order valence-corrected chi connectivity index (χ1v) is 8.01. The van der Waals surface area contributed by atoms with E-state index in [1.54, 1.807) is 0 Å². The van der Waals surface area contributed by atoms with Gasteiger partial charge >= 0.3 is 0 Å². The molecule has 1 aliphatic carbocycles. The summed E-state index contributed by atoms with van der Waals surface area (Å²) in [6.45, 7) is 2.02. The van der Waals surface area contributed by atoms with Crippen molar-refractivity contribution < 1.29 is 8.78 Å². The molecule has 21 heavy (non-hydrogen) atoms. The Morgan fingerprint density at radius 2 is 2.05 bits per heavy atom. The van der Waals surface area contributed by atoms with Gasteiger partial charge in [-0.15, -0.1) is 0 Å². The first-order valence-electron chi connectivity index (χ1n) is 7.63. The average Bonchev–Trinajstić information content (AvgIpc) is 2.72. The highest BCUT2D eigenvalue weighted by molar-refractivity contribution is 6.31. The maximum absolute atomic E-state index is 13.3. The Morgan fingerprint density at radius 3 is 2.52 bits per heavy atom. The van der Waals surface area contributed by atoms with Crippen LogP contribution in [0.2, 0.25) is 5.02 Å². The number of aromatic nitrogens is 2. The Bertz CT molecular complexity index is 478. The summed E-state index contributed by atoms with van der Waals surface area (Å²) in [5.41, 5.74) is 1.89. The van der Waals surface area contributed by atoms with Crippen LogP contribution >= 0.6 is 11.6 Å². The Labute approximate surface area is 130 Å². The molecule has 1 aromatic rings. The number of rotatable bonds is 5. The van der Waals surface area contributed by atoms with Crippen LogP contribution in [0.3, 0.4) is 0 Å².